The van der Waals surface area contributed by atoms with Crippen molar-refractivity contribution >= 4 is 17.4 Å². The van der Waals surface area contributed by atoms with E-state index in [1.807, 2.05) is 7.05 Å². The summed E-state index contributed by atoms with van der Waals surface area (Å²) in [6.07, 6.45) is 5.84. The summed E-state index contributed by atoms with van der Waals surface area (Å²) < 4.78 is 13.2. The van der Waals surface area contributed by atoms with Crippen molar-refractivity contribution in [1.29, 1.82) is 0 Å². The number of ketones is 1. The summed E-state index contributed by atoms with van der Waals surface area (Å²) in [6.45, 7) is 0. The van der Waals surface area contributed by atoms with Gasteiger partial charge in [-0.3, -0.25) is 4.79 Å². The first-order chi connectivity index (χ1) is 9.06. The van der Waals surface area contributed by atoms with Gasteiger partial charge < -0.3 is 5.32 Å². The lowest BCUT2D eigenvalue weighted by molar-refractivity contribution is 0.0914. The SMILES string of the molecule is CNC1(CC(=O)c2cc(F)ccc2Cl)CCCCC1. The zero-order valence-electron chi connectivity index (χ0n) is 11.1. The van der Waals surface area contributed by atoms with Gasteiger partial charge in [0.1, 0.15) is 5.82 Å². The number of halogens is 2. The first-order valence-electron chi connectivity index (χ1n) is 6.73. The van der Waals surface area contributed by atoms with Crippen molar-refractivity contribution in [2.45, 2.75) is 44.1 Å². The molecular formula is C15H19ClFNO. The van der Waals surface area contributed by atoms with E-state index in [1.54, 1.807) is 0 Å². The molecular weight excluding hydrogens is 265 g/mol. The van der Waals surface area contributed by atoms with Gasteiger partial charge in [0.2, 0.25) is 0 Å². The predicted octanol–water partition coefficient (Wildman–Crippen LogP) is 3.97. The lowest BCUT2D eigenvalue weighted by Crippen LogP contribution is -2.46. The Balaban J connectivity index is 2.17. The standard InChI is InChI=1S/C15H19ClFNO/c1-18-15(7-3-2-4-8-15)10-14(19)12-9-11(17)5-6-13(12)16/h5-6,9,18H,2-4,7-8,10H2,1H3. The van der Waals surface area contributed by atoms with Gasteiger partial charge in [0.25, 0.3) is 0 Å². The Labute approximate surface area is 118 Å². The molecule has 0 atom stereocenters. The number of carbonyl (C=O) groups excluding carboxylic acids is 1. The highest BCUT2D eigenvalue weighted by Gasteiger charge is 2.33. The van der Waals surface area contributed by atoms with Crippen molar-refractivity contribution in [2.75, 3.05) is 7.05 Å². The topological polar surface area (TPSA) is 29.1 Å². The Kier molecular flexibility index (Phi) is 4.58. The van der Waals surface area contributed by atoms with E-state index in [2.05, 4.69) is 5.32 Å². The van der Waals surface area contributed by atoms with Crippen molar-refractivity contribution in [1.82, 2.24) is 5.32 Å². The molecule has 1 aliphatic carbocycles. The zero-order valence-corrected chi connectivity index (χ0v) is 11.9. The third kappa shape index (κ3) is 3.34. The third-order valence-corrected chi connectivity index (χ3v) is 4.40. The highest BCUT2D eigenvalue weighted by atomic mass is 35.5. The maximum absolute atomic E-state index is 13.2. The fraction of sp³-hybridized carbons (Fsp3) is 0.533. The van der Waals surface area contributed by atoms with Gasteiger partial charge in [0, 0.05) is 17.5 Å². The van der Waals surface area contributed by atoms with Gasteiger partial charge in [0.15, 0.2) is 5.78 Å². The lowest BCUT2D eigenvalue weighted by atomic mass is 9.77. The third-order valence-electron chi connectivity index (χ3n) is 4.07. The molecule has 0 radical (unpaired) electrons. The summed E-state index contributed by atoms with van der Waals surface area (Å²) in [5.74, 6) is -0.504. The second kappa shape index (κ2) is 6.02. The van der Waals surface area contributed by atoms with Crippen molar-refractivity contribution in [3.05, 3.63) is 34.6 Å². The quantitative estimate of drug-likeness (QED) is 0.847. The molecule has 1 aromatic carbocycles. The number of carbonyl (C=O) groups is 1. The van der Waals surface area contributed by atoms with Gasteiger partial charge in [-0.15, -0.1) is 0 Å². The summed E-state index contributed by atoms with van der Waals surface area (Å²) >= 11 is 5.99. The summed E-state index contributed by atoms with van der Waals surface area (Å²) in [6, 6.07) is 3.95. The van der Waals surface area contributed by atoms with Crippen LogP contribution >= 0.6 is 11.6 Å². The summed E-state index contributed by atoms with van der Waals surface area (Å²) in [7, 11) is 1.89. The van der Waals surface area contributed by atoms with E-state index in [4.69, 9.17) is 11.6 Å². The van der Waals surface area contributed by atoms with Crippen LogP contribution in [-0.4, -0.2) is 18.4 Å². The van der Waals surface area contributed by atoms with Gasteiger partial charge in [-0.25, -0.2) is 4.39 Å². The average Bonchev–Trinajstić information content (AvgIpc) is 2.42. The Hall–Kier alpha value is -0.930. The van der Waals surface area contributed by atoms with E-state index in [0.29, 0.717) is 17.0 Å². The Bertz CT molecular complexity index is 469. The minimum Gasteiger partial charge on any atom is -0.314 e. The molecule has 19 heavy (non-hydrogen) atoms. The lowest BCUT2D eigenvalue weighted by Gasteiger charge is -2.36. The Morgan fingerprint density at radius 1 is 1.37 bits per heavy atom. The molecule has 1 N–H and O–H groups in total. The highest BCUT2D eigenvalue weighted by molar-refractivity contribution is 6.34. The molecule has 0 heterocycles. The van der Waals surface area contributed by atoms with E-state index in [9.17, 15) is 9.18 Å². The normalized spacial score (nSPS) is 18.3. The molecule has 0 aromatic heterocycles. The number of rotatable bonds is 4. The largest absolute Gasteiger partial charge is 0.314 e. The van der Waals surface area contributed by atoms with Crippen LogP contribution < -0.4 is 5.32 Å². The van der Waals surface area contributed by atoms with Gasteiger partial charge in [-0.1, -0.05) is 30.9 Å². The average molecular weight is 284 g/mol. The van der Waals surface area contributed by atoms with Crippen LogP contribution in [0, 0.1) is 5.82 Å². The van der Waals surface area contributed by atoms with Crippen molar-refractivity contribution in [2.24, 2.45) is 0 Å². The van der Waals surface area contributed by atoms with Crippen molar-refractivity contribution in [3.63, 3.8) is 0 Å². The predicted molar refractivity (Wildman–Crippen MR) is 75.2 cm³/mol. The first kappa shape index (κ1) is 14.5. The van der Waals surface area contributed by atoms with E-state index in [-0.39, 0.29) is 11.3 Å². The summed E-state index contributed by atoms with van der Waals surface area (Å²) in [4.78, 5) is 12.4. The molecule has 0 unspecified atom stereocenters. The Morgan fingerprint density at radius 3 is 2.68 bits per heavy atom. The van der Waals surface area contributed by atoms with Crippen LogP contribution in [0.3, 0.4) is 0 Å². The summed E-state index contributed by atoms with van der Waals surface area (Å²) in [5.41, 5.74) is 0.146. The Morgan fingerprint density at radius 2 is 2.05 bits per heavy atom. The molecule has 1 fully saturated rings. The van der Waals surface area contributed by atoms with Crippen LogP contribution in [0.25, 0.3) is 0 Å². The smallest absolute Gasteiger partial charge is 0.166 e. The maximum atomic E-state index is 13.2. The van der Waals surface area contributed by atoms with Crippen molar-refractivity contribution in [3.8, 4) is 0 Å². The van der Waals surface area contributed by atoms with E-state index >= 15 is 0 Å². The second-order valence-electron chi connectivity index (χ2n) is 5.32. The minimum absolute atomic E-state index is 0.0826. The molecule has 4 heteroatoms. The first-order valence-corrected chi connectivity index (χ1v) is 7.11. The van der Waals surface area contributed by atoms with Crippen LogP contribution in [0.5, 0.6) is 0 Å². The molecule has 0 bridgehead atoms. The van der Waals surface area contributed by atoms with Crippen LogP contribution in [0.1, 0.15) is 48.9 Å². The molecule has 2 rings (SSSR count). The molecule has 0 amide bonds. The zero-order chi connectivity index (χ0) is 13.9. The van der Waals surface area contributed by atoms with Crippen LogP contribution in [0.15, 0.2) is 18.2 Å². The number of nitrogens with one attached hydrogen (secondary N) is 1. The fourth-order valence-electron chi connectivity index (χ4n) is 2.86. The molecule has 0 spiro atoms. The number of benzene rings is 1. The van der Waals surface area contributed by atoms with E-state index in [0.717, 1.165) is 25.7 Å². The molecule has 1 saturated carbocycles. The van der Waals surface area contributed by atoms with Gasteiger partial charge in [-0.05, 0) is 38.1 Å². The van der Waals surface area contributed by atoms with Crippen LogP contribution in [0.2, 0.25) is 5.02 Å². The monoisotopic (exact) mass is 283 g/mol. The van der Waals surface area contributed by atoms with Crippen LogP contribution in [0.4, 0.5) is 4.39 Å². The number of Topliss-reactive ketones (excluding diaryl/α,β-unsaturated/α-hetero) is 1. The fourth-order valence-corrected chi connectivity index (χ4v) is 3.08. The molecule has 2 nitrogen and oxygen atoms in total. The van der Waals surface area contributed by atoms with Crippen molar-refractivity contribution < 1.29 is 9.18 Å². The highest BCUT2D eigenvalue weighted by Crippen LogP contribution is 2.32. The minimum atomic E-state index is -0.421. The summed E-state index contributed by atoms with van der Waals surface area (Å²) in [5, 5.41) is 3.62. The second-order valence-corrected chi connectivity index (χ2v) is 5.72. The molecule has 1 aromatic rings. The number of hydrogen-bond acceptors (Lipinski definition) is 2. The van der Waals surface area contributed by atoms with E-state index in [1.165, 1.54) is 24.6 Å². The molecule has 0 aliphatic heterocycles. The number of hydrogen-bond donors (Lipinski definition) is 1. The molecule has 104 valence electrons. The van der Waals surface area contributed by atoms with Gasteiger partial charge in [0.05, 0.1) is 5.02 Å². The molecule has 0 saturated heterocycles. The van der Waals surface area contributed by atoms with E-state index < -0.39 is 5.82 Å². The maximum Gasteiger partial charge on any atom is 0.166 e. The molecule has 1 aliphatic rings. The van der Waals surface area contributed by atoms with Gasteiger partial charge in [-0.2, -0.15) is 0 Å². The van der Waals surface area contributed by atoms with Gasteiger partial charge >= 0.3 is 0 Å². The van der Waals surface area contributed by atoms with Crippen LogP contribution in [-0.2, 0) is 0 Å².